The first kappa shape index (κ1) is 20.8. The van der Waals surface area contributed by atoms with E-state index in [-0.39, 0.29) is 5.69 Å². The number of carbonyl (C=O) groups is 2. The fourth-order valence-electron chi connectivity index (χ4n) is 3.25. The number of rotatable bonds is 5. The Balaban J connectivity index is 1.20. The number of H-pyrrole nitrogens is 1. The molecule has 0 saturated heterocycles. The molecule has 9 heteroatoms. The maximum absolute atomic E-state index is 12.4. The van der Waals surface area contributed by atoms with E-state index >= 15 is 0 Å². The van der Waals surface area contributed by atoms with Gasteiger partial charge in [0.15, 0.2) is 0 Å². The zero-order chi connectivity index (χ0) is 23.3. The predicted molar refractivity (Wildman–Crippen MR) is 124 cm³/mol. The summed E-state index contributed by atoms with van der Waals surface area (Å²) in [7, 11) is 0. The smallest absolute Gasteiger partial charge is 0.287 e. The third kappa shape index (κ3) is 4.44. The molecule has 166 valence electrons. The van der Waals surface area contributed by atoms with E-state index in [4.69, 9.17) is 4.42 Å². The standard InChI is InChI=1S/C25H18N6O3/c32-22(28-29-23(33)21-15-20(26-27-21)16-7-3-1-4-8-16)17-11-13-19(14-12-17)25-31-30-24(34-25)18-9-5-2-6-10-18/h1-15H,(H,26,27)(H,28,32)(H,29,33). The Hall–Kier alpha value is -5.05. The van der Waals surface area contributed by atoms with Crippen LogP contribution in [0.3, 0.4) is 0 Å². The zero-order valence-electron chi connectivity index (χ0n) is 17.7. The Morgan fingerprint density at radius 1 is 0.676 bits per heavy atom. The topological polar surface area (TPSA) is 126 Å². The highest BCUT2D eigenvalue weighted by Gasteiger charge is 2.14. The minimum absolute atomic E-state index is 0.222. The van der Waals surface area contributed by atoms with Crippen LogP contribution in [-0.2, 0) is 0 Å². The molecule has 0 radical (unpaired) electrons. The van der Waals surface area contributed by atoms with Crippen molar-refractivity contribution in [2.24, 2.45) is 0 Å². The lowest BCUT2D eigenvalue weighted by Crippen LogP contribution is -2.41. The van der Waals surface area contributed by atoms with Gasteiger partial charge in [0.25, 0.3) is 11.8 Å². The number of carbonyl (C=O) groups excluding carboxylic acids is 2. The highest BCUT2D eigenvalue weighted by molar-refractivity contribution is 5.98. The van der Waals surface area contributed by atoms with E-state index < -0.39 is 11.8 Å². The second-order valence-electron chi connectivity index (χ2n) is 7.30. The quantitative estimate of drug-likeness (QED) is 0.349. The Labute approximate surface area is 193 Å². The van der Waals surface area contributed by atoms with Crippen LogP contribution >= 0.6 is 0 Å². The number of amides is 2. The molecule has 0 saturated carbocycles. The highest BCUT2D eigenvalue weighted by Crippen LogP contribution is 2.24. The predicted octanol–water partition coefficient (Wildman–Crippen LogP) is 3.87. The number of nitrogens with zero attached hydrogens (tertiary/aromatic N) is 3. The summed E-state index contributed by atoms with van der Waals surface area (Å²) in [6.07, 6.45) is 0. The average Bonchev–Trinajstić information content (AvgIpc) is 3.59. The summed E-state index contributed by atoms with van der Waals surface area (Å²) in [6, 6.07) is 27.1. The number of aromatic nitrogens is 4. The van der Waals surface area contributed by atoms with Gasteiger partial charge in [0.05, 0.1) is 5.69 Å². The first-order chi connectivity index (χ1) is 16.7. The van der Waals surface area contributed by atoms with Gasteiger partial charge in [0, 0.05) is 22.3 Å². The summed E-state index contributed by atoms with van der Waals surface area (Å²) in [6.45, 7) is 0. The Morgan fingerprint density at radius 2 is 1.24 bits per heavy atom. The highest BCUT2D eigenvalue weighted by atomic mass is 16.4. The first-order valence-electron chi connectivity index (χ1n) is 10.4. The molecule has 0 unspecified atom stereocenters. The number of hydrogen-bond acceptors (Lipinski definition) is 6. The van der Waals surface area contributed by atoms with Crippen LogP contribution in [0.25, 0.3) is 34.2 Å². The van der Waals surface area contributed by atoms with Gasteiger partial charge in [0.1, 0.15) is 5.69 Å². The second kappa shape index (κ2) is 9.21. The molecular weight excluding hydrogens is 432 g/mol. The normalized spacial score (nSPS) is 10.6. The maximum atomic E-state index is 12.4. The van der Waals surface area contributed by atoms with Crippen LogP contribution in [0.2, 0.25) is 0 Å². The van der Waals surface area contributed by atoms with Crippen molar-refractivity contribution >= 4 is 11.8 Å². The Bertz CT molecular complexity index is 1430. The molecule has 0 bridgehead atoms. The largest absolute Gasteiger partial charge is 0.416 e. The van der Waals surface area contributed by atoms with Crippen LogP contribution in [0.5, 0.6) is 0 Å². The van der Waals surface area contributed by atoms with Crippen molar-refractivity contribution in [3.63, 3.8) is 0 Å². The van der Waals surface area contributed by atoms with E-state index in [1.165, 1.54) is 0 Å². The van der Waals surface area contributed by atoms with Crippen molar-refractivity contribution < 1.29 is 14.0 Å². The van der Waals surface area contributed by atoms with Crippen LogP contribution in [0.1, 0.15) is 20.8 Å². The molecule has 3 N–H and O–H groups in total. The van der Waals surface area contributed by atoms with Gasteiger partial charge in [-0.15, -0.1) is 10.2 Å². The molecule has 34 heavy (non-hydrogen) atoms. The van der Waals surface area contributed by atoms with Crippen molar-refractivity contribution in [3.05, 3.63) is 102 Å². The van der Waals surface area contributed by atoms with Crippen LogP contribution < -0.4 is 10.9 Å². The van der Waals surface area contributed by atoms with E-state index in [1.807, 2.05) is 60.7 Å². The molecule has 0 spiro atoms. The van der Waals surface area contributed by atoms with Gasteiger partial charge in [-0.05, 0) is 42.5 Å². The molecule has 0 fully saturated rings. The van der Waals surface area contributed by atoms with Crippen LogP contribution in [0, 0.1) is 0 Å². The molecular formula is C25H18N6O3. The molecule has 0 aliphatic carbocycles. The molecule has 0 atom stereocenters. The lowest BCUT2D eigenvalue weighted by Gasteiger charge is -2.06. The number of aromatic amines is 1. The molecule has 2 aromatic heterocycles. The summed E-state index contributed by atoms with van der Waals surface area (Å²) in [5.74, 6) is -0.237. The van der Waals surface area contributed by atoms with E-state index in [2.05, 4.69) is 31.2 Å². The van der Waals surface area contributed by atoms with E-state index in [1.54, 1.807) is 30.3 Å². The molecule has 2 heterocycles. The lowest BCUT2D eigenvalue weighted by molar-refractivity contribution is 0.0844. The maximum Gasteiger partial charge on any atom is 0.287 e. The number of hydrazine groups is 1. The van der Waals surface area contributed by atoms with Gasteiger partial charge in [-0.2, -0.15) is 5.10 Å². The minimum Gasteiger partial charge on any atom is -0.416 e. The van der Waals surface area contributed by atoms with Crippen molar-refractivity contribution in [3.8, 4) is 34.2 Å². The second-order valence-corrected chi connectivity index (χ2v) is 7.30. The molecule has 2 amide bonds. The van der Waals surface area contributed by atoms with E-state index in [0.29, 0.717) is 28.6 Å². The Morgan fingerprint density at radius 3 is 1.88 bits per heavy atom. The number of benzene rings is 3. The van der Waals surface area contributed by atoms with E-state index in [9.17, 15) is 9.59 Å². The summed E-state index contributed by atoms with van der Waals surface area (Å²) in [4.78, 5) is 24.8. The fourth-order valence-corrected chi connectivity index (χ4v) is 3.25. The van der Waals surface area contributed by atoms with Crippen molar-refractivity contribution in [1.82, 2.24) is 31.2 Å². The molecule has 0 aliphatic rings. The summed E-state index contributed by atoms with van der Waals surface area (Å²) in [5, 5.41) is 14.9. The number of nitrogens with one attached hydrogen (secondary N) is 3. The molecule has 5 rings (SSSR count). The molecule has 9 nitrogen and oxygen atoms in total. The third-order valence-corrected chi connectivity index (χ3v) is 5.02. The van der Waals surface area contributed by atoms with Gasteiger partial charge < -0.3 is 4.42 Å². The summed E-state index contributed by atoms with van der Waals surface area (Å²) >= 11 is 0. The van der Waals surface area contributed by atoms with Gasteiger partial charge in [0.2, 0.25) is 11.8 Å². The number of hydrogen-bond donors (Lipinski definition) is 3. The van der Waals surface area contributed by atoms with E-state index in [0.717, 1.165) is 11.1 Å². The van der Waals surface area contributed by atoms with Gasteiger partial charge in [-0.25, -0.2) is 0 Å². The zero-order valence-corrected chi connectivity index (χ0v) is 17.7. The van der Waals surface area contributed by atoms with Crippen molar-refractivity contribution in [1.29, 1.82) is 0 Å². The Kier molecular flexibility index (Phi) is 5.64. The van der Waals surface area contributed by atoms with Gasteiger partial charge in [-0.1, -0.05) is 48.5 Å². The van der Waals surface area contributed by atoms with Gasteiger partial charge in [-0.3, -0.25) is 25.5 Å². The molecule has 0 aliphatic heterocycles. The van der Waals surface area contributed by atoms with Crippen molar-refractivity contribution in [2.45, 2.75) is 0 Å². The van der Waals surface area contributed by atoms with Crippen molar-refractivity contribution in [2.75, 3.05) is 0 Å². The average molecular weight is 450 g/mol. The third-order valence-electron chi connectivity index (χ3n) is 5.02. The molecule has 5 aromatic rings. The summed E-state index contributed by atoms with van der Waals surface area (Å²) in [5.41, 5.74) is 8.33. The first-order valence-corrected chi connectivity index (χ1v) is 10.4. The van der Waals surface area contributed by atoms with Gasteiger partial charge >= 0.3 is 0 Å². The van der Waals surface area contributed by atoms with Crippen LogP contribution in [0.4, 0.5) is 0 Å². The van der Waals surface area contributed by atoms with Crippen LogP contribution in [0.15, 0.2) is 95.4 Å². The lowest BCUT2D eigenvalue weighted by atomic mass is 10.1. The molecule has 3 aromatic carbocycles. The SMILES string of the molecule is O=C(NNC(=O)c1cc(-c2ccccc2)n[nH]1)c1ccc(-c2nnc(-c3ccccc3)o2)cc1. The monoisotopic (exact) mass is 450 g/mol. The van der Waals surface area contributed by atoms with Crippen LogP contribution in [-0.4, -0.2) is 32.2 Å². The summed E-state index contributed by atoms with van der Waals surface area (Å²) < 4.78 is 5.73. The minimum atomic E-state index is -0.515. The fraction of sp³-hybridized carbons (Fsp3) is 0.